The van der Waals surface area contributed by atoms with E-state index in [4.69, 9.17) is 9.26 Å². The Labute approximate surface area is 75.2 Å². The molecule has 0 aliphatic heterocycles. The van der Waals surface area contributed by atoms with E-state index in [-0.39, 0.29) is 0 Å². The molecule has 0 saturated carbocycles. The van der Waals surface area contributed by atoms with Gasteiger partial charge in [0.2, 0.25) is 5.88 Å². The van der Waals surface area contributed by atoms with Crippen molar-refractivity contribution in [2.45, 2.75) is 0 Å². The summed E-state index contributed by atoms with van der Waals surface area (Å²) in [6.45, 7) is 0. The zero-order valence-corrected chi connectivity index (χ0v) is 7.10. The Hall–Kier alpha value is -1.84. The van der Waals surface area contributed by atoms with Crippen LogP contribution in [0.4, 0.5) is 0 Å². The van der Waals surface area contributed by atoms with Gasteiger partial charge in [-0.2, -0.15) is 0 Å². The summed E-state index contributed by atoms with van der Waals surface area (Å²) >= 11 is 0. The zero-order valence-electron chi connectivity index (χ0n) is 7.10. The first-order valence-electron chi connectivity index (χ1n) is 3.80. The van der Waals surface area contributed by atoms with Crippen molar-refractivity contribution in [3.63, 3.8) is 0 Å². The second-order valence-electron chi connectivity index (χ2n) is 2.50. The lowest BCUT2D eigenvalue weighted by Gasteiger charge is -1.99. The molecule has 66 valence electrons. The van der Waals surface area contributed by atoms with Crippen LogP contribution in [0.2, 0.25) is 0 Å². The number of aromatic nitrogens is 2. The highest BCUT2D eigenvalue weighted by molar-refractivity contribution is 5.61. The van der Waals surface area contributed by atoms with Crippen LogP contribution in [-0.4, -0.2) is 17.3 Å². The molecule has 0 aliphatic rings. The summed E-state index contributed by atoms with van der Waals surface area (Å²) in [6, 6.07) is 3.70. The molecular formula is C9H8N2O2. The van der Waals surface area contributed by atoms with E-state index in [1.807, 2.05) is 12.1 Å². The van der Waals surface area contributed by atoms with Crippen LogP contribution >= 0.6 is 0 Å². The minimum Gasteiger partial charge on any atom is -0.481 e. The third-order valence-corrected chi connectivity index (χ3v) is 1.71. The Morgan fingerprint density at radius 3 is 3.00 bits per heavy atom. The topological polar surface area (TPSA) is 48.2 Å². The molecule has 2 aromatic heterocycles. The normalized spacial score (nSPS) is 9.92. The molecule has 2 aromatic rings. The van der Waals surface area contributed by atoms with Crippen molar-refractivity contribution in [2.75, 3.05) is 7.11 Å². The van der Waals surface area contributed by atoms with E-state index in [1.165, 1.54) is 0 Å². The lowest BCUT2D eigenvalue weighted by molar-refractivity contribution is 0.398. The Morgan fingerprint density at radius 1 is 1.38 bits per heavy atom. The van der Waals surface area contributed by atoms with Gasteiger partial charge in [-0.3, -0.25) is 0 Å². The van der Waals surface area contributed by atoms with Gasteiger partial charge in [0.05, 0.1) is 13.3 Å². The number of methoxy groups -OCH3 is 1. The smallest absolute Gasteiger partial charge is 0.213 e. The third kappa shape index (κ3) is 1.51. The SMILES string of the molecule is COc1cc(-c2cnoc2)ccn1. The maximum Gasteiger partial charge on any atom is 0.213 e. The lowest BCUT2D eigenvalue weighted by atomic mass is 10.1. The van der Waals surface area contributed by atoms with Crippen LogP contribution < -0.4 is 4.74 Å². The van der Waals surface area contributed by atoms with Gasteiger partial charge in [-0.1, -0.05) is 5.16 Å². The Balaban J connectivity index is 2.41. The summed E-state index contributed by atoms with van der Waals surface area (Å²) in [4.78, 5) is 3.99. The van der Waals surface area contributed by atoms with Crippen molar-refractivity contribution in [3.8, 4) is 17.0 Å². The van der Waals surface area contributed by atoms with Crippen molar-refractivity contribution in [1.82, 2.24) is 10.1 Å². The first-order valence-corrected chi connectivity index (χ1v) is 3.80. The van der Waals surface area contributed by atoms with E-state index in [9.17, 15) is 0 Å². The van der Waals surface area contributed by atoms with Crippen molar-refractivity contribution >= 4 is 0 Å². The fraction of sp³-hybridized carbons (Fsp3) is 0.111. The molecule has 0 N–H and O–H groups in total. The highest BCUT2D eigenvalue weighted by Crippen LogP contribution is 2.20. The van der Waals surface area contributed by atoms with E-state index in [1.54, 1.807) is 25.8 Å². The van der Waals surface area contributed by atoms with Gasteiger partial charge in [0.15, 0.2) is 0 Å². The van der Waals surface area contributed by atoms with Gasteiger partial charge in [-0.15, -0.1) is 0 Å². The molecule has 0 aromatic carbocycles. The number of hydrogen-bond donors (Lipinski definition) is 0. The summed E-state index contributed by atoms with van der Waals surface area (Å²) in [7, 11) is 1.58. The minimum absolute atomic E-state index is 0.582. The summed E-state index contributed by atoms with van der Waals surface area (Å²) in [5.41, 5.74) is 1.90. The van der Waals surface area contributed by atoms with E-state index in [0.717, 1.165) is 11.1 Å². The zero-order chi connectivity index (χ0) is 9.10. The average Bonchev–Trinajstić information content (AvgIpc) is 2.71. The monoisotopic (exact) mass is 176 g/mol. The van der Waals surface area contributed by atoms with Gasteiger partial charge < -0.3 is 9.26 Å². The molecule has 4 heteroatoms. The van der Waals surface area contributed by atoms with Crippen LogP contribution in [-0.2, 0) is 0 Å². The second kappa shape index (κ2) is 3.26. The van der Waals surface area contributed by atoms with Gasteiger partial charge in [-0.05, 0) is 11.6 Å². The van der Waals surface area contributed by atoms with E-state index in [2.05, 4.69) is 10.1 Å². The van der Waals surface area contributed by atoms with Crippen LogP contribution in [0.3, 0.4) is 0 Å². The number of ether oxygens (including phenoxy) is 1. The molecule has 0 fully saturated rings. The van der Waals surface area contributed by atoms with Crippen LogP contribution in [0, 0.1) is 0 Å². The highest BCUT2D eigenvalue weighted by Gasteiger charge is 2.01. The Morgan fingerprint density at radius 2 is 2.31 bits per heavy atom. The van der Waals surface area contributed by atoms with Gasteiger partial charge in [0.25, 0.3) is 0 Å². The number of hydrogen-bond acceptors (Lipinski definition) is 4. The third-order valence-electron chi connectivity index (χ3n) is 1.71. The molecular weight excluding hydrogens is 168 g/mol. The maximum atomic E-state index is 4.99. The summed E-state index contributed by atoms with van der Waals surface area (Å²) in [5, 5.41) is 3.62. The lowest BCUT2D eigenvalue weighted by Crippen LogP contribution is -1.86. The van der Waals surface area contributed by atoms with E-state index in [0.29, 0.717) is 5.88 Å². The molecule has 0 spiro atoms. The molecule has 2 heterocycles. The van der Waals surface area contributed by atoms with Crippen LogP contribution in [0.1, 0.15) is 0 Å². The minimum atomic E-state index is 0.582. The molecule has 2 rings (SSSR count). The number of nitrogens with zero attached hydrogens (tertiary/aromatic N) is 2. The van der Waals surface area contributed by atoms with Gasteiger partial charge in [0.1, 0.15) is 6.26 Å². The highest BCUT2D eigenvalue weighted by atomic mass is 16.5. The molecule has 0 saturated heterocycles. The fourth-order valence-electron chi connectivity index (χ4n) is 1.05. The van der Waals surface area contributed by atoms with Gasteiger partial charge >= 0.3 is 0 Å². The molecule has 0 atom stereocenters. The van der Waals surface area contributed by atoms with Gasteiger partial charge in [0, 0.05) is 17.8 Å². The predicted molar refractivity (Wildman–Crippen MR) is 46.3 cm³/mol. The predicted octanol–water partition coefficient (Wildman–Crippen LogP) is 1.75. The fourth-order valence-corrected chi connectivity index (χ4v) is 1.05. The van der Waals surface area contributed by atoms with Crippen molar-refractivity contribution in [3.05, 3.63) is 30.8 Å². The molecule has 0 bridgehead atoms. The standard InChI is InChI=1S/C9H8N2O2/c1-12-9-4-7(2-3-10-9)8-5-11-13-6-8/h2-6H,1H3. The summed E-state index contributed by atoms with van der Waals surface area (Å²) in [6.07, 6.45) is 4.91. The van der Waals surface area contributed by atoms with Crippen molar-refractivity contribution < 1.29 is 9.26 Å². The van der Waals surface area contributed by atoms with Crippen molar-refractivity contribution in [2.24, 2.45) is 0 Å². The second-order valence-corrected chi connectivity index (χ2v) is 2.50. The molecule has 0 aliphatic carbocycles. The molecule has 0 unspecified atom stereocenters. The summed E-state index contributed by atoms with van der Waals surface area (Å²) < 4.78 is 9.72. The van der Waals surface area contributed by atoms with E-state index >= 15 is 0 Å². The van der Waals surface area contributed by atoms with Crippen LogP contribution in [0.5, 0.6) is 5.88 Å². The number of pyridine rings is 1. The van der Waals surface area contributed by atoms with Crippen LogP contribution in [0.25, 0.3) is 11.1 Å². The molecule has 0 radical (unpaired) electrons. The average molecular weight is 176 g/mol. The van der Waals surface area contributed by atoms with Crippen molar-refractivity contribution in [1.29, 1.82) is 0 Å². The Kier molecular flexibility index (Phi) is 1.96. The van der Waals surface area contributed by atoms with Gasteiger partial charge in [-0.25, -0.2) is 4.98 Å². The maximum absolute atomic E-state index is 4.99. The Bertz CT molecular complexity index is 384. The first kappa shape index (κ1) is 7.79. The molecule has 13 heavy (non-hydrogen) atoms. The van der Waals surface area contributed by atoms with E-state index < -0.39 is 0 Å². The number of rotatable bonds is 2. The summed E-state index contributed by atoms with van der Waals surface area (Å²) in [5.74, 6) is 0.582. The molecule has 4 nitrogen and oxygen atoms in total. The quantitative estimate of drug-likeness (QED) is 0.699. The van der Waals surface area contributed by atoms with Crippen LogP contribution in [0.15, 0.2) is 35.3 Å². The largest absolute Gasteiger partial charge is 0.481 e. The molecule has 0 amide bonds. The first-order chi connectivity index (χ1) is 6.40.